The Bertz CT molecular complexity index is 1360. The predicted octanol–water partition coefficient (Wildman–Crippen LogP) is 3.82. The van der Waals surface area contributed by atoms with Crippen molar-refractivity contribution < 1.29 is 4.74 Å². The molecule has 3 aromatic heterocycles. The van der Waals surface area contributed by atoms with Crippen LogP contribution in [-0.2, 0) is 13.6 Å². The minimum atomic E-state index is -0.118. The summed E-state index contributed by atoms with van der Waals surface area (Å²) in [6.45, 7) is 2.36. The van der Waals surface area contributed by atoms with Gasteiger partial charge in [-0.2, -0.15) is 15.2 Å². The Hall–Kier alpha value is -4.51. The molecule has 0 spiro atoms. The predicted molar refractivity (Wildman–Crippen MR) is 120 cm³/mol. The van der Waals surface area contributed by atoms with Gasteiger partial charge in [-0.05, 0) is 36.2 Å². The first-order chi connectivity index (χ1) is 15.5. The van der Waals surface area contributed by atoms with Gasteiger partial charge in [0.15, 0.2) is 5.75 Å². The molecule has 8 nitrogen and oxygen atoms in total. The molecule has 1 aromatic carbocycles. The fourth-order valence-electron chi connectivity index (χ4n) is 3.12. The Balaban J connectivity index is 1.74. The number of rotatable bonds is 6. The van der Waals surface area contributed by atoms with E-state index in [-0.39, 0.29) is 11.6 Å². The molecule has 4 aromatic rings. The number of pyridine rings is 2. The van der Waals surface area contributed by atoms with Crippen LogP contribution in [0.25, 0.3) is 11.3 Å². The standard InChI is InChI=1S/C24H20N6O2/c1-16-5-3-7-18(12-25)23(16)32-24-28-20(19-8-9-22(31)30(2)15-19)11-21(29-24)27-14-17-6-4-10-26-13-17/h3-11,13,15H,14H2,1-2H3,(H,27,28,29). The van der Waals surface area contributed by atoms with Gasteiger partial charge in [-0.25, -0.2) is 0 Å². The Kier molecular flexibility index (Phi) is 5.90. The fraction of sp³-hybridized carbons (Fsp3) is 0.125. The summed E-state index contributed by atoms with van der Waals surface area (Å²) in [6, 6.07) is 16.4. The highest BCUT2D eigenvalue weighted by molar-refractivity contribution is 5.62. The third-order valence-electron chi connectivity index (χ3n) is 4.81. The summed E-state index contributed by atoms with van der Waals surface area (Å²) < 4.78 is 7.46. The molecule has 0 saturated heterocycles. The molecule has 8 heteroatoms. The second-order valence-electron chi connectivity index (χ2n) is 7.17. The Morgan fingerprint density at radius 1 is 1.16 bits per heavy atom. The number of benzene rings is 1. The van der Waals surface area contributed by atoms with Gasteiger partial charge in [-0.15, -0.1) is 0 Å². The summed E-state index contributed by atoms with van der Waals surface area (Å²) >= 11 is 0. The number of anilines is 1. The van der Waals surface area contributed by atoms with E-state index in [1.807, 2.05) is 25.1 Å². The van der Waals surface area contributed by atoms with Crippen LogP contribution in [0.3, 0.4) is 0 Å². The third kappa shape index (κ3) is 4.63. The summed E-state index contributed by atoms with van der Waals surface area (Å²) in [4.78, 5) is 24.9. The van der Waals surface area contributed by atoms with Gasteiger partial charge in [0.1, 0.15) is 11.9 Å². The molecule has 0 aliphatic heterocycles. The van der Waals surface area contributed by atoms with Gasteiger partial charge in [0, 0.05) is 49.9 Å². The first-order valence-electron chi connectivity index (χ1n) is 9.90. The zero-order valence-electron chi connectivity index (χ0n) is 17.6. The molecule has 1 N–H and O–H groups in total. The van der Waals surface area contributed by atoms with Crippen molar-refractivity contribution in [2.75, 3.05) is 5.32 Å². The third-order valence-corrected chi connectivity index (χ3v) is 4.81. The van der Waals surface area contributed by atoms with Crippen molar-refractivity contribution in [3.8, 4) is 29.1 Å². The van der Waals surface area contributed by atoms with Crippen LogP contribution >= 0.6 is 0 Å². The minimum absolute atomic E-state index is 0.0934. The lowest BCUT2D eigenvalue weighted by molar-refractivity contribution is 0.438. The van der Waals surface area contributed by atoms with Gasteiger partial charge >= 0.3 is 6.01 Å². The van der Waals surface area contributed by atoms with Gasteiger partial charge in [0.2, 0.25) is 5.56 Å². The van der Waals surface area contributed by atoms with Crippen LogP contribution in [0.4, 0.5) is 5.82 Å². The molecule has 0 amide bonds. The lowest BCUT2D eigenvalue weighted by Gasteiger charge is -2.13. The molecule has 158 valence electrons. The van der Waals surface area contributed by atoms with Gasteiger partial charge in [0.25, 0.3) is 0 Å². The first-order valence-corrected chi connectivity index (χ1v) is 9.90. The second kappa shape index (κ2) is 9.10. The average Bonchev–Trinajstić information content (AvgIpc) is 2.81. The zero-order chi connectivity index (χ0) is 22.5. The quantitative estimate of drug-likeness (QED) is 0.501. The van der Waals surface area contributed by atoms with Crippen LogP contribution in [0.15, 0.2) is 71.9 Å². The van der Waals surface area contributed by atoms with Gasteiger partial charge < -0.3 is 14.6 Å². The first kappa shape index (κ1) is 20.8. The molecular weight excluding hydrogens is 404 g/mol. The summed E-state index contributed by atoms with van der Waals surface area (Å²) in [5, 5.41) is 12.7. The number of para-hydroxylation sites is 1. The fourth-order valence-corrected chi connectivity index (χ4v) is 3.12. The van der Waals surface area contributed by atoms with Crippen molar-refractivity contribution in [2.45, 2.75) is 13.5 Å². The Labute approximate surface area is 184 Å². The number of nitriles is 1. The number of nitrogens with one attached hydrogen (secondary N) is 1. The largest absolute Gasteiger partial charge is 0.423 e. The van der Waals surface area contributed by atoms with Crippen LogP contribution in [0.1, 0.15) is 16.7 Å². The van der Waals surface area contributed by atoms with E-state index in [4.69, 9.17) is 4.74 Å². The van der Waals surface area contributed by atoms with Crippen molar-refractivity contribution in [1.82, 2.24) is 19.5 Å². The molecule has 0 saturated carbocycles. The summed E-state index contributed by atoms with van der Waals surface area (Å²) in [5.41, 5.74) is 3.37. The number of hydrogen-bond donors (Lipinski definition) is 1. The molecule has 0 radical (unpaired) electrons. The molecule has 0 fully saturated rings. The molecule has 0 atom stereocenters. The van der Waals surface area contributed by atoms with E-state index in [1.165, 1.54) is 10.6 Å². The molecule has 0 aliphatic carbocycles. The topological polar surface area (TPSA) is 106 Å². The van der Waals surface area contributed by atoms with Crippen LogP contribution in [0.5, 0.6) is 11.8 Å². The van der Waals surface area contributed by atoms with Crippen molar-refractivity contribution in [1.29, 1.82) is 5.26 Å². The monoisotopic (exact) mass is 424 g/mol. The summed E-state index contributed by atoms with van der Waals surface area (Å²) in [5.74, 6) is 0.945. The second-order valence-corrected chi connectivity index (χ2v) is 7.17. The lowest BCUT2D eigenvalue weighted by Crippen LogP contribution is -2.14. The maximum absolute atomic E-state index is 11.8. The number of hydrogen-bond acceptors (Lipinski definition) is 7. The molecule has 0 aliphatic rings. The number of ether oxygens (including phenoxy) is 1. The van der Waals surface area contributed by atoms with E-state index in [9.17, 15) is 10.1 Å². The normalized spacial score (nSPS) is 10.4. The molecule has 3 heterocycles. The van der Waals surface area contributed by atoms with Crippen molar-refractivity contribution >= 4 is 5.82 Å². The maximum atomic E-state index is 11.8. The van der Waals surface area contributed by atoms with E-state index in [2.05, 4.69) is 26.3 Å². The summed E-state index contributed by atoms with van der Waals surface area (Å²) in [7, 11) is 1.68. The van der Waals surface area contributed by atoms with E-state index < -0.39 is 0 Å². The van der Waals surface area contributed by atoms with Gasteiger partial charge in [0.05, 0.1) is 11.3 Å². The maximum Gasteiger partial charge on any atom is 0.324 e. The Morgan fingerprint density at radius 2 is 2.03 bits per heavy atom. The number of aryl methyl sites for hydroxylation is 2. The van der Waals surface area contributed by atoms with Crippen LogP contribution < -0.4 is 15.6 Å². The van der Waals surface area contributed by atoms with Crippen molar-refractivity contribution in [2.24, 2.45) is 7.05 Å². The van der Waals surface area contributed by atoms with Crippen molar-refractivity contribution in [3.05, 3.63) is 94.2 Å². The lowest BCUT2D eigenvalue weighted by atomic mass is 10.1. The molecule has 32 heavy (non-hydrogen) atoms. The highest BCUT2D eigenvalue weighted by atomic mass is 16.5. The number of nitrogens with zero attached hydrogens (tertiary/aromatic N) is 5. The van der Waals surface area contributed by atoms with Crippen LogP contribution in [-0.4, -0.2) is 19.5 Å². The SMILES string of the molecule is Cc1cccc(C#N)c1Oc1nc(NCc2cccnc2)cc(-c2ccc(=O)n(C)c2)n1. The van der Waals surface area contributed by atoms with E-state index >= 15 is 0 Å². The van der Waals surface area contributed by atoms with E-state index in [1.54, 1.807) is 49.9 Å². The van der Waals surface area contributed by atoms with E-state index in [0.29, 0.717) is 29.4 Å². The molecular formula is C24H20N6O2. The average molecular weight is 424 g/mol. The highest BCUT2D eigenvalue weighted by Crippen LogP contribution is 2.29. The Morgan fingerprint density at radius 3 is 2.78 bits per heavy atom. The van der Waals surface area contributed by atoms with Crippen molar-refractivity contribution in [3.63, 3.8) is 0 Å². The van der Waals surface area contributed by atoms with Crippen LogP contribution in [0.2, 0.25) is 0 Å². The number of aromatic nitrogens is 4. The minimum Gasteiger partial charge on any atom is -0.423 e. The molecule has 4 rings (SSSR count). The smallest absolute Gasteiger partial charge is 0.324 e. The highest BCUT2D eigenvalue weighted by Gasteiger charge is 2.13. The molecule has 0 unspecified atom stereocenters. The zero-order valence-corrected chi connectivity index (χ0v) is 17.6. The van der Waals surface area contributed by atoms with E-state index in [0.717, 1.165) is 16.7 Å². The van der Waals surface area contributed by atoms with Gasteiger partial charge in [-0.1, -0.05) is 18.2 Å². The van der Waals surface area contributed by atoms with Crippen LogP contribution in [0, 0.1) is 18.3 Å². The summed E-state index contributed by atoms with van der Waals surface area (Å²) in [6.07, 6.45) is 5.19. The van der Waals surface area contributed by atoms with Gasteiger partial charge in [-0.3, -0.25) is 9.78 Å². The molecule has 0 bridgehead atoms.